The van der Waals surface area contributed by atoms with Gasteiger partial charge in [-0.25, -0.2) is 0 Å². The zero-order valence-electron chi connectivity index (χ0n) is 31.9. The molecule has 0 aliphatic carbocycles. The number of benzene rings is 7. The number of allylic oxidation sites excluding steroid dienone is 1. The van der Waals surface area contributed by atoms with E-state index in [1.54, 1.807) is 48.5 Å². The molecule has 0 aliphatic heterocycles. The van der Waals surface area contributed by atoms with Gasteiger partial charge < -0.3 is 81.0 Å². The SMILES string of the molecule is Bc1c(O)c(O)c(-c2c3ccccc3c(-c3c(O)c(O)c(O)c(/C(C)=C(O)/C(O)=C(/O)C(=C)O)c3O)c3ccccc23)c2c1oc1c3c(O)c(O)c(O)c(O)c3c(O)c(B)c12. The lowest BCUT2D eigenvalue weighted by Crippen LogP contribution is -2.08. The van der Waals surface area contributed by atoms with Gasteiger partial charge in [0.25, 0.3) is 0 Å². The maximum Gasteiger partial charge on any atom is 0.205 e. The van der Waals surface area contributed by atoms with Crippen LogP contribution in [-0.2, 0) is 0 Å². The van der Waals surface area contributed by atoms with Crippen LogP contribution in [0.25, 0.3) is 82.1 Å². The molecule has 0 amide bonds. The first-order valence-corrected chi connectivity index (χ1v) is 18.0. The van der Waals surface area contributed by atoms with E-state index in [0.717, 1.165) is 6.92 Å². The molecule has 0 radical (unpaired) electrons. The van der Waals surface area contributed by atoms with E-state index in [1.165, 1.54) is 15.7 Å². The molecule has 8 aromatic rings. The van der Waals surface area contributed by atoms with Gasteiger partial charge in [0.1, 0.15) is 38.4 Å². The van der Waals surface area contributed by atoms with Gasteiger partial charge in [-0.05, 0) is 39.4 Å². The normalized spacial score (nSPS) is 12.7. The van der Waals surface area contributed by atoms with Gasteiger partial charge >= 0.3 is 0 Å². The molecule has 306 valence electrons. The van der Waals surface area contributed by atoms with Crippen LogP contribution < -0.4 is 10.9 Å². The van der Waals surface area contributed by atoms with Crippen molar-refractivity contribution in [2.75, 3.05) is 0 Å². The highest BCUT2D eigenvalue weighted by molar-refractivity contribution is 6.50. The van der Waals surface area contributed by atoms with Crippen molar-refractivity contribution in [3.63, 3.8) is 0 Å². The minimum Gasteiger partial charge on any atom is -0.508 e. The Morgan fingerprint density at radius 1 is 0.426 bits per heavy atom. The Labute approximate surface area is 342 Å². The lowest BCUT2D eigenvalue weighted by molar-refractivity contribution is 0.263. The number of phenolic OH excluding ortho intramolecular Hbond substituents is 11. The van der Waals surface area contributed by atoms with E-state index in [2.05, 4.69) is 6.58 Å². The summed E-state index contributed by atoms with van der Waals surface area (Å²) in [5, 5.41) is 165. The zero-order chi connectivity index (χ0) is 44.4. The standard InChI is InChI=1S/C43H32B2O16/c1-11(28(47)38(57)29(48)12(2)46)17-30(49)23(34(53)39(58)32(17)51)19-15-9-5-3-7-13(15)18(14-8-4-6-10-16(14)19)20-21-22-26(44)31(50)24-25(36(55)41(60)40(59)35(24)54)42(22)61-43(21)27(45)37(56)33(20)52/h3-10,46-60H,2,44-45H2,1H3/b28-11-,38-29-. The molecule has 16 nitrogen and oxygen atoms in total. The van der Waals surface area contributed by atoms with E-state index in [-0.39, 0.29) is 71.1 Å². The minimum absolute atomic E-state index is 0.00237. The molecule has 0 unspecified atom stereocenters. The average Bonchev–Trinajstić information content (AvgIpc) is 3.64. The summed E-state index contributed by atoms with van der Waals surface area (Å²) in [6.07, 6.45) is 0. The summed E-state index contributed by atoms with van der Waals surface area (Å²) in [7, 11) is 2.85. The fourth-order valence-corrected chi connectivity index (χ4v) is 8.19. The van der Waals surface area contributed by atoms with Crippen molar-refractivity contribution in [1.82, 2.24) is 0 Å². The topological polar surface area (TPSA) is 317 Å². The number of rotatable bonds is 5. The molecule has 0 atom stereocenters. The third-order valence-electron chi connectivity index (χ3n) is 11.2. The Balaban J connectivity index is 1.58. The summed E-state index contributed by atoms with van der Waals surface area (Å²) in [6, 6.07) is 12.7. The highest BCUT2D eigenvalue weighted by Crippen LogP contribution is 2.59. The second-order valence-electron chi connectivity index (χ2n) is 14.4. The molecule has 0 spiro atoms. The monoisotopic (exact) mass is 826 g/mol. The fraction of sp³-hybridized carbons (Fsp3) is 0.0233. The van der Waals surface area contributed by atoms with E-state index in [9.17, 15) is 76.6 Å². The first-order valence-electron chi connectivity index (χ1n) is 18.0. The zero-order valence-corrected chi connectivity index (χ0v) is 31.9. The highest BCUT2D eigenvalue weighted by Gasteiger charge is 2.34. The number of furan rings is 1. The summed E-state index contributed by atoms with van der Waals surface area (Å²) in [5.74, 6) is -15.2. The second kappa shape index (κ2) is 13.3. The van der Waals surface area contributed by atoms with Crippen molar-refractivity contribution in [1.29, 1.82) is 0 Å². The van der Waals surface area contributed by atoms with E-state index < -0.39 is 114 Å². The van der Waals surface area contributed by atoms with E-state index in [0.29, 0.717) is 0 Å². The molecule has 0 saturated carbocycles. The molecule has 7 aromatic carbocycles. The van der Waals surface area contributed by atoms with E-state index in [4.69, 9.17) is 4.42 Å². The van der Waals surface area contributed by atoms with Crippen molar-refractivity contribution in [2.45, 2.75) is 6.92 Å². The Kier molecular flexibility index (Phi) is 8.54. The van der Waals surface area contributed by atoms with Crippen LogP contribution in [0.5, 0.6) is 63.2 Å². The van der Waals surface area contributed by atoms with Crippen LogP contribution in [0, 0.1) is 0 Å². The number of phenols is 11. The smallest absolute Gasteiger partial charge is 0.205 e. The number of hydrogen-bond acceptors (Lipinski definition) is 16. The maximum absolute atomic E-state index is 12.0. The van der Waals surface area contributed by atoms with Crippen molar-refractivity contribution in [3.8, 4) is 85.5 Å². The van der Waals surface area contributed by atoms with Crippen LogP contribution >= 0.6 is 0 Å². The van der Waals surface area contributed by atoms with Gasteiger partial charge in [-0.15, -0.1) is 0 Å². The molecule has 1 aromatic heterocycles. The highest BCUT2D eigenvalue weighted by atomic mass is 16.4. The van der Waals surface area contributed by atoms with Crippen molar-refractivity contribution >= 4 is 86.4 Å². The largest absolute Gasteiger partial charge is 0.508 e. The Hall–Kier alpha value is -8.53. The van der Waals surface area contributed by atoms with E-state index in [1.807, 2.05) is 0 Å². The van der Waals surface area contributed by atoms with Crippen LogP contribution in [0.2, 0.25) is 0 Å². The van der Waals surface area contributed by atoms with Gasteiger partial charge in [-0.3, -0.25) is 0 Å². The Morgan fingerprint density at radius 3 is 1.39 bits per heavy atom. The van der Waals surface area contributed by atoms with Gasteiger partial charge in [0.15, 0.2) is 46.0 Å². The molecule has 0 saturated heterocycles. The number of aromatic hydroxyl groups is 11. The Morgan fingerprint density at radius 2 is 0.885 bits per heavy atom. The summed E-state index contributed by atoms with van der Waals surface area (Å²) >= 11 is 0. The minimum atomic E-state index is -1.31. The van der Waals surface area contributed by atoms with Gasteiger partial charge in [0.05, 0.1) is 21.9 Å². The van der Waals surface area contributed by atoms with Gasteiger partial charge in [-0.1, -0.05) is 55.1 Å². The summed E-state index contributed by atoms with van der Waals surface area (Å²) in [5.41, 5.74) is -1.94. The predicted octanol–water partition coefficient (Wildman–Crippen LogP) is 5.35. The molecule has 0 aliphatic rings. The van der Waals surface area contributed by atoms with Crippen molar-refractivity contribution in [3.05, 3.63) is 83.7 Å². The second-order valence-corrected chi connectivity index (χ2v) is 14.4. The lowest BCUT2D eigenvalue weighted by Gasteiger charge is -2.22. The first-order chi connectivity index (χ1) is 28.8. The van der Waals surface area contributed by atoms with Crippen LogP contribution in [0.1, 0.15) is 12.5 Å². The number of aliphatic hydroxyl groups is 4. The van der Waals surface area contributed by atoms with Gasteiger partial charge in [0.2, 0.25) is 28.8 Å². The van der Waals surface area contributed by atoms with Gasteiger partial charge in [0, 0.05) is 33.0 Å². The van der Waals surface area contributed by atoms with Crippen LogP contribution in [0.4, 0.5) is 0 Å². The Bertz CT molecular complexity index is 3360. The molecule has 61 heavy (non-hydrogen) atoms. The van der Waals surface area contributed by atoms with Crippen LogP contribution in [0.3, 0.4) is 0 Å². The molecule has 8 rings (SSSR count). The lowest BCUT2D eigenvalue weighted by atomic mass is 9.79. The molecule has 15 N–H and O–H groups in total. The maximum atomic E-state index is 12.0. The third kappa shape index (κ3) is 5.08. The van der Waals surface area contributed by atoms with Crippen LogP contribution in [-0.4, -0.2) is 92.3 Å². The summed E-state index contributed by atoms with van der Waals surface area (Å²) in [6.45, 7) is 4.15. The quantitative estimate of drug-likeness (QED) is 0.0260. The number of hydrogen-bond donors (Lipinski definition) is 15. The van der Waals surface area contributed by atoms with Crippen molar-refractivity contribution < 1.29 is 81.0 Å². The number of fused-ring (bicyclic) bond motifs is 7. The fourth-order valence-electron chi connectivity index (χ4n) is 8.19. The molecule has 18 heteroatoms. The molecule has 0 bridgehead atoms. The van der Waals surface area contributed by atoms with Crippen molar-refractivity contribution in [2.24, 2.45) is 0 Å². The summed E-state index contributed by atoms with van der Waals surface area (Å²) < 4.78 is 6.29. The van der Waals surface area contributed by atoms with E-state index >= 15 is 0 Å². The molecular weight excluding hydrogens is 794 g/mol. The molecular formula is C43H32B2O16. The molecule has 0 fully saturated rings. The predicted molar refractivity (Wildman–Crippen MR) is 231 cm³/mol. The summed E-state index contributed by atoms with van der Waals surface area (Å²) in [4.78, 5) is 0. The first kappa shape index (κ1) is 39.3. The van der Waals surface area contributed by atoms with Gasteiger partial charge in [-0.2, -0.15) is 0 Å². The third-order valence-corrected chi connectivity index (χ3v) is 11.2. The number of aliphatic hydroxyl groups excluding tert-OH is 4. The van der Waals surface area contributed by atoms with Crippen LogP contribution in [0.15, 0.2) is 82.6 Å². The molecule has 1 heterocycles. The average molecular weight is 826 g/mol.